The molecule has 19 nitrogen and oxygen atoms in total. The highest BCUT2D eigenvalue weighted by molar-refractivity contribution is 5.73. The van der Waals surface area contributed by atoms with Gasteiger partial charge in [-0.15, -0.1) is 0 Å². The summed E-state index contributed by atoms with van der Waals surface area (Å²) in [5.74, 6) is -3.28. The van der Waals surface area contributed by atoms with Crippen LogP contribution < -0.4 is 4.74 Å². The maximum atomic E-state index is 14.0. The summed E-state index contributed by atoms with van der Waals surface area (Å²) in [5, 5.41) is 25.1. The molecule has 1 aromatic carbocycles. The number of aliphatic hydroxyl groups is 2. The third-order valence-corrected chi connectivity index (χ3v) is 14.1. The molecule has 1 aromatic rings. The van der Waals surface area contributed by atoms with Crippen LogP contribution in [0.3, 0.4) is 0 Å². The molecule has 2 N–H and O–H groups in total. The number of β-amino-alcohol motifs (C(OH)–C–C–N with tert-alkyl or cyclic N) is 1. The normalized spacial score (nSPS) is 35.3. The Morgan fingerprint density at radius 1 is 0.914 bits per heavy atom. The molecule has 0 spiro atoms. The van der Waals surface area contributed by atoms with E-state index in [0.717, 1.165) is 11.3 Å². The summed E-state index contributed by atoms with van der Waals surface area (Å²) in [4.78, 5) is 56.3. The molecule has 0 amide bonds. The van der Waals surface area contributed by atoms with Crippen molar-refractivity contribution in [2.45, 2.75) is 192 Å². The summed E-state index contributed by atoms with van der Waals surface area (Å²) < 4.78 is 67.2. The first-order valence-corrected chi connectivity index (χ1v) is 24.8. The lowest BCUT2D eigenvalue weighted by molar-refractivity contribution is -0.320. The van der Waals surface area contributed by atoms with Gasteiger partial charge in [-0.05, 0) is 84.2 Å². The largest absolute Gasteiger partial charge is 0.497 e. The zero-order chi connectivity index (χ0) is 52.0. The molecule has 0 unspecified atom stereocenters. The fourth-order valence-electron chi connectivity index (χ4n) is 10.5. The number of ether oxygens (including phenoxy) is 11. The fraction of sp³-hybridized carbons (Fsp3) is 0.804. The number of carbonyl (C=O) groups is 4. The van der Waals surface area contributed by atoms with E-state index < -0.39 is 121 Å². The lowest BCUT2D eigenvalue weighted by Gasteiger charge is -2.53. The molecule has 3 aliphatic rings. The maximum Gasteiger partial charge on any atom is 0.309 e. The zero-order valence-electron chi connectivity index (χ0n) is 44.0. The molecule has 3 fully saturated rings. The van der Waals surface area contributed by atoms with Gasteiger partial charge in [0.25, 0.3) is 0 Å². The molecule has 3 heterocycles. The summed E-state index contributed by atoms with van der Waals surface area (Å²) in [6.07, 6.45) is -10.4. The first kappa shape index (κ1) is 59.1. The van der Waals surface area contributed by atoms with E-state index in [9.17, 15) is 29.4 Å². The Labute approximate surface area is 415 Å². The number of esters is 4. The molecule has 0 aliphatic carbocycles. The molecule has 0 bridgehead atoms. The van der Waals surface area contributed by atoms with Crippen molar-refractivity contribution in [3.05, 3.63) is 29.8 Å². The van der Waals surface area contributed by atoms with E-state index in [1.807, 2.05) is 43.0 Å². The molecule has 0 aromatic heterocycles. The van der Waals surface area contributed by atoms with Gasteiger partial charge in [-0.3, -0.25) is 24.1 Å². The van der Waals surface area contributed by atoms with Crippen LogP contribution in [0, 0.1) is 17.8 Å². The third-order valence-electron chi connectivity index (χ3n) is 14.1. The Hall–Kier alpha value is -3.50. The number of carbonyl (C=O) groups excluding carboxylic acids is 4. The Balaban J connectivity index is 1.82. The van der Waals surface area contributed by atoms with Gasteiger partial charge in [-0.1, -0.05) is 32.9 Å². The molecule has 0 radical (unpaired) electrons. The predicted octanol–water partition coefficient (Wildman–Crippen LogP) is 4.43. The van der Waals surface area contributed by atoms with Gasteiger partial charge in [0.15, 0.2) is 24.3 Å². The highest BCUT2D eigenvalue weighted by Gasteiger charge is 2.56. The topological polar surface area (TPSA) is 217 Å². The molecule has 19 heteroatoms. The molecular weight excluding hydrogens is 913 g/mol. The third kappa shape index (κ3) is 16.0. The molecule has 0 saturated carbocycles. The van der Waals surface area contributed by atoms with Crippen LogP contribution in [-0.4, -0.2) is 185 Å². The molecule has 3 saturated heterocycles. The quantitative estimate of drug-likeness (QED) is 0.125. The first-order valence-electron chi connectivity index (χ1n) is 24.8. The monoisotopic (exact) mass is 997 g/mol. The standard InChI is InChI=1S/C51H84N2O17/c1-15-39(56)67-38-25-41(58)64-30(4)21-22-53(27-34-17-19-36(60-11)20-18-34)28-37(55)29(3)23-35(24-42(61-12)62-13)44(48(38)63-14)49-46(59)45(52(9)10)47(31(5)66-49)69-43-26-51(8,70-33(7)54)50(32(6)65-43)68-40(57)16-2/h17-20,29-32,35,37-38,42-50,55,59H,15-16,21-28H2,1-14H3/t29-,30-,31-,32+,35-,37+,38-,43-,44+,45-,46-,47-,48-,49+,50+,51-/m1/s1. The minimum Gasteiger partial charge on any atom is -0.497 e. The van der Waals surface area contributed by atoms with Crippen molar-refractivity contribution in [3.8, 4) is 5.75 Å². The van der Waals surface area contributed by atoms with Crippen LogP contribution in [0.4, 0.5) is 0 Å². The Morgan fingerprint density at radius 3 is 2.13 bits per heavy atom. The van der Waals surface area contributed by atoms with E-state index in [1.54, 1.807) is 55.8 Å². The molecule has 70 heavy (non-hydrogen) atoms. The maximum absolute atomic E-state index is 14.0. The van der Waals surface area contributed by atoms with Gasteiger partial charge in [0.1, 0.15) is 30.2 Å². The summed E-state index contributed by atoms with van der Waals surface area (Å²) in [6.45, 7) is 14.9. The number of benzene rings is 1. The van der Waals surface area contributed by atoms with E-state index in [0.29, 0.717) is 25.9 Å². The van der Waals surface area contributed by atoms with Crippen LogP contribution in [0.15, 0.2) is 24.3 Å². The van der Waals surface area contributed by atoms with E-state index in [1.165, 1.54) is 28.3 Å². The second-order valence-corrected chi connectivity index (χ2v) is 19.7. The van der Waals surface area contributed by atoms with Crippen molar-refractivity contribution in [1.29, 1.82) is 0 Å². The van der Waals surface area contributed by atoms with Gasteiger partial charge in [0.2, 0.25) is 0 Å². The van der Waals surface area contributed by atoms with Gasteiger partial charge in [0, 0.05) is 79.5 Å². The predicted molar refractivity (Wildman–Crippen MR) is 255 cm³/mol. The van der Waals surface area contributed by atoms with Gasteiger partial charge >= 0.3 is 23.9 Å². The van der Waals surface area contributed by atoms with Crippen LogP contribution >= 0.6 is 0 Å². The van der Waals surface area contributed by atoms with E-state index in [-0.39, 0.29) is 44.6 Å². The van der Waals surface area contributed by atoms with Crippen molar-refractivity contribution < 1.29 is 81.5 Å². The van der Waals surface area contributed by atoms with Gasteiger partial charge in [0.05, 0.1) is 50.1 Å². The summed E-state index contributed by atoms with van der Waals surface area (Å²) >= 11 is 0. The molecule has 3 aliphatic heterocycles. The van der Waals surface area contributed by atoms with Gasteiger partial charge in [-0.25, -0.2) is 0 Å². The highest BCUT2D eigenvalue weighted by Crippen LogP contribution is 2.43. The number of hydrogen-bond acceptors (Lipinski definition) is 19. The summed E-state index contributed by atoms with van der Waals surface area (Å²) in [6, 6.07) is 6.95. The second kappa shape index (κ2) is 27.5. The lowest BCUT2D eigenvalue weighted by atomic mass is 9.70. The Morgan fingerprint density at radius 2 is 1.56 bits per heavy atom. The molecule has 16 atom stereocenters. The van der Waals surface area contributed by atoms with Crippen molar-refractivity contribution in [2.75, 3.05) is 55.6 Å². The van der Waals surface area contributed by atoms with Crippen LogP contribution in [0.2, 0.25) is 0 Å². The minimum atomic E-state index is -1.33. The van der Waals surface area contributed by atoms with Crippen molar-refractivity contribution in [1.82, 2.24) is 9.80 Å². The van der Waals surface area contributed by atoms with Crippen molar-refractivity contribution >= 4 is 23.9 Å². The zero-order valence-corrected chi connectivity index (χ0v) is 44.0. The smallest absolute Gasteiger partial charge is 0.309 e. The molecule has 4 rings (SSSR count). The van der Waals surface area contributed by atoms with E-state index in [2.05, 4.69) is 4.90 Å². The van der Waals surface area contributed by atoms with Crippen LogP contribution in [0.1, 0.15) is 106 Å². The number of nitrogens with zero attached hydrogens (tertiary/aromatic N) is 2. The number of aliphatic hydroxyl groups excluding tert-OH is 2. The average molecular weight is 997 g/mol. The van der Waals surface area contributed by atoms with Crippen LogP contribution in [0.5, 0.6) is 5.75 Å². The first-order chi connectivity index (χ1) is 33.1. The average Bonchev–Trinajstić information content (AvgIpc) is 3.30. The Bertz CT molecular complexity index is 1780. The van der Waals surface area contributed by atoms with Gasteiger partial charge in [-0.2, -0.15) is 0 Å². The number of rotatable bonds is 17. The summed E-state index contributed by atoms with van der Waals surface area (Å²) in [7, 11) is 9.73. The number of hydrogen-bond donors (Lipinski definition) is 2. The van der Waals surface area contributed by atoms with Crippen molar-refractivity contribution in [3.63, 3.8) is 0 Å². The van der Waals surface area contributed by atoms with Gasteiger partial charge < -0.3 is 67.2 Å². The number of likely N-dealkylation sites (N-methyl/N-ethyl adjacent to an activating group) is 1. The van der Waals surface area contributed by atoms with Crippen LogP contribution in [-0.2, 0) is 73.1 Å². The highest BCUT2D eigenvalue weighted by atomic mass is 16.7. The number of methoxy groups -OCH3 is 4. The SMILES string of the molecule is CCC(=O)O[C@@H]1CC(=O)O[C@H](C)CCN(Cc2ccc(OC)cc2)C[C@H](O)[C@H](C)C[C@H](CC(OC)OC)[C@H]([C@@H]2O[C@H](C)[C@@H](O[C@@H]3C[C@@](C)(OC(C)=O)[C@@H](OC(=O)CC)[C@H](C)O3)[C@H](N(C)C)[C@H]2O)[C@@H]1OC. The number of cyclic esters (lactones) is 1. The molecular formula is C51H84N2O17. The van der Waals surface area contributed by atoms with Crippen LogP contribution in [0.25, 0.3) is 0 Å². The minimum absolute atomic E-state index is 0.00965. The second-order valence-electron chi connectivity index (χ2n) is 19.7. The van der Waals surface area contributed by atoms with E-state index >= 15 is 0 Å². The fourth-order valence-corrected chi connectivity index (χ4v) is 10.5. The lowest BCUT2D eigenvalue weighted by Crippen LogP contribution is -2.67. The van der Waals surface area contributed by atoms with Crippen molar-refractivity contribution in [2.24, 2.45) is 17.8 Å². The summed E-state index contributed by atoms with van der Waals surface area (Å²) in [5.41, 5.74) is -0.319. The molecule has 400 valence electrons. The van der Waals surface area contributed by atoms with E-state index in [4.69, 9.17) is 52.1 Å². The Kier molecular flexibility index (Phi) is 23.2.